The van der Waals surface area contributed by atoms with Gasteiger partial charge in [-0.3, -0.25) is 9.97 Å². The predicted octanol–water partition coefficient (Wildman–Crippen LogP) is 2.96. The first-order valence-electron chi connectivity index (χ1n) is 4.43. The van der Waals surface area contributed by atoms with Gasteiger partial charge in [-0.25, -0.2) is 0 Å². The maximum atomic E-state index is 12.6. The van der Waals surface area contributed by atoms with Gasteiger partial charge in [0.25, 0.3) is 0 Å². The summed E-state index contributed by atoms with van der Waals surface area (Å²) in [6.45, 7) is 0. The summed E-state index contributed by atoms with van der Waals surface area (Å²) < 4.78 is 37.9. The number of rotatable bonds is 1. The van der Waals surface area contributed by atoms with Crippen molar-refractivity contribution >= 4 is 0 Å². The summed E-state index contributed by atoms with van der Waals surface area (Å²) in [5, 5.41) is 0. The highest BCUT2D eigenvalue weighted by atomic mass is 19.4. The van der Waals surface area contributed by atoms with Gasteiger partial charge >= 0.3 is 6.18 Å². The molecule has 0 aliphatic heterocycles. The van der Waals surface area contributed by atoms with Crippen LogP contribution in [0.15, 0.2) is 36.8 Å². The van der Waals surface area contributed by atoms with Crippen LogP contribution in [0.3, 0.4) is 0 Å². The molecule has 2 rings (SSSR count). The Morgan fingerprint density at radius 1 is 1.12 bits per heavy atom. The van der Waals surface area contributed by atoms with E-state index in [1.54, 1.807) is 12.1 Å². The molecular formula is C11H6F3N2. The number of pyridine rings is 2. The standard InChI is InChI=1S/C11H6F3N2/c12-11(13,14)10-7-16-5-3-9(10)8-2-1-4-15-6-8/h1-6H. The van der Waals surface area contributed by atoms with Crippen LogP contribution in [0, 0.1) is 6.20 Å². The zero-order valence-electron chi connectivity index (χ0n) is 7.99. The summed E-state index contributed by atoms with van der Waals surface area (Å²) in [7, 11) is 0. The zero-order chi connectivity index (χ0) is 11.6. The Hall–Kier alpha value is -1.91. The largest absolute Gasteiger partial charge is 0.419 e. The van der Waals surface area contributed by atoms with E-state index in [0.717, 1.165) is 0 Å². The average molecular weight is 223 g/mol. The van der Waals surface area contributed by atoms with Gasteiger partial charge in [-0.05, 0) is 17.7 Å². The molecule has 5 heteroatoms. The second-order valence-corrected chi connectivity index (χ2v) is 3.08. The first kappa shape index (κ1) is 10.6. The Kier molecular flexibility index (Phi) is 2.60. The van der Waals surface area contributed by atoms with Gasteiger partial charge in [0.2, 0.25) is 0 Å². The Labute approximate surface area is 89.8 Å². The molecule has 0 aliphatic carbocycles. The second kappa shape index (κ2) is 3.92. The number of nitrogens with zero attached hydrogens (tertiary/aromatic N) is 2. The molecule has 16 heavy (non-hydrogen) atoms. The number of halogens is 3. The van der Waals surface area contributed by atoms with Gasteiger partial charge in [-0.2, -0.15) is 13.2 Å². The van der Waals surface area contributed by atoms with Crippen molar-refractivity contribution in [2.24, 2.45) is 0 Å². The predicted molar refractivity (Wildman–Crippen MR) is 51.3 cm³/mol. The summed E-state index contributed by atoms with van der Waals surface area (Å²) in [5.41, 5.74) is -0.438. The van der Waals surface area contributed by atoms with Gasteiger partial charge in [-0.1, -0.05) is 6.07 Å². The van der Waals surface area contributed by atoms with Crippen molar-refractivity contribution in [1.29, 1.82) is 0 Å². The molecular weight excluding hydrogens is 217 g/mol. The minimum atomic E-state index is -4.46. The molecule has 0 amide bonds. The fourth-order valence-electron chi connectivity index (χ4n) is 1.34. The lowest BCUT2D eigenvalue weighted by Gasteiger charge is -2.10. The Morgan fingerprint density at radius 2 is 1.94 bits per heavy atom. The molecule has 0 atom stereocenters. The van der Waals surface area contributed by atoms with Gasteiger partial charge in [0.1, 0.15) is 6.20 Å². The number of hydrogen-bond donors (Lipinski definition) is 0. The van der Waals surface area contributed by atoms with E-state index >= 15 is 0 Å². The van der Waals surface area contributed by atoms with E-state index in [-0.39, 0.29) is 5.56 Å². The third kappa shape index (κ3) is 2.03. The minimum absolute atomic E-state index is 0.0376. The van der Waals surface area contributed by atoms with Crippen LogP contribution in [-0.2, 0) is 6.18 Å². The fourth-order valence-corrected chi connectivity index (χ4v) is 1.34. The van der Waals surface area contributed by atoms with E-state index in [9.17, 15) is 13.2 Å². The van der Waals surface area contributed by atoms with Crippen molar-refractivity contribution in [3.8, 4) is 11.1 Å². The van der Waals surface area contributed by atoms with E-state index in [0.29, 0.717) is 5.56 Å². The summed E-state index contributed by atoms with van der Waals surface area (Å²) in [6.07, 6.45) is 1.66. The molecule has 2 nitrogen and oxygen atoms in total. The van der Waals surface area contributed by atoms with Crippen molar-refractivity contribution in [1.82, 2.24) is 9.97 Å². The maximum absolute atomic E-state index is 12.6. The zero-order valence-corrected chi connectivity index (χ0v) is 7.99. The molecule has 2 aromatic heterocycles. The first-order valence-corrected chi connectivity index (χ1v) is 4.43. The maximum Gasteiger partial charge on any atom is 0.419 e. The second-order valence-electron chi connectivity index (χ2n) is 3.08. The number of aromatic nitrogens is 2. The van der Waals surface area contributed by atoms with Crippen LogP contribution in [0.25, 0.3) is 11.1 Å². The van der Waals surface area contributed by atoms with Crippen LogP contribution in [0.4, 0.5) is 13.2 Å². The van der Waals surface area contributed by atoms with Gasteiger partial charge in [0, 0.05) is 24.2 Å². The van der Waals surface area contributed by atoms with Crippen molar-refractivity contribution in [2.75, 3.05) is 0 Å². The lowest BCUT2D eigenvalue weighted by Crippen LogP contribution is -2.08. The molecule has 81 valence electrons. The van der Waals surface area contributed by atoms with Gasteiger partial charge < -0.3 is 0 Å². The topological polar surface area (TPSA) is 25.8 Å². The molecule has 0 fully saturated rings. The molecule has 0 unspecified atom stereocenters. The lowest BCUT2D eigenvalue weighted by atomic mass is 10.0. The van der Waals surface area contributed by atoms with Crippen molar-refractivity contribution in [3.63, 3.8) is 0 Å². The highest BCUT2D eigenvalue weighted by molar-refractivity contribution is 5.66. The molecule has 0 aromatic carbocycles. The van der Waals surface area contributed by atoms with E-state index < -0.39 is 11.7 Å². The average Bonchev–Trinajstić information content (AvgIpc) is 2.29. The third-order valence-corrected chi connectivity index (χ3v) is 2.02. The molecule has 2 aromatic rings. The molecule has 0 saturated heterocycles. The van der Waals surface area contributed by atoms with Gasteiger partial charge in [0.05, 0.1) is 5.56 Å². The number of hydrogen-bond acceptors (Lipinski definition) is 2. The molecule has 0 spiro atoms. The highest BCUT2D eigenvalue weighted by Crippen LogP contribution is 2.35. The fraction of sp³-hybridized carbons (Fsp3) is 0.0909. The molecule has 0 bridgehead atoms. The Bertz CT molecular complexity index is 480. The van der Waals surface area contributed by atoms with Gasteiger partial charge in [0.15, 0.2) is 0 Å². The Balaban J connectivity index is 2.58. The van der Waals surface area contributed by atoms with Gasteiger partial charge in [-0.15, -0.1) is 0 Å². The van der Waals surface area contributed by atoms with Crippen LogP contribution < -0.4 is 0 Å². The summed E-state index contributed by atoms with van der Waals surface area (Å²) in [6, 6.07) is 4.44. The third-order valence-electron chi connectivity index (χ3n) is 2.02. The first-order chi connectivity index (χ1) is 7.59. The molecule has 0 saturated carbocycles. The van der Waals surface area contributed by atoms with E-state index in [1.807, 2.05) is 6.20 Å². The van der Waals surface area contributed by atoms with E-state index in [1.165, 1.54) is 24.7 Å². The monoisotopic (exact) mass is 223 g/mol. The molecule has 1 radical (unpaired) electrons. The van der Waals surface area contributed by atoms with Crippen LogP contribution in [0.2, 0.25) is 0 Å². The lowest BCUT2D eigenvalue weighted by molar-refractivity contribution is -0.137. The number of alkyl halides is 3. The molecule has 0 aliphatic rings. The summed E-state index contributed by atoms with van der Waals surface area (Å²) in [4.78, 5) is 7.15. The normalized spacial score (nSPS) is 11.4. The van der Waals surface area contributed by atoms with Crippen molar-refractivity contribution < 1.29 is 13.2 Å². The SMILES string of the molecule is FC(F)(F)c1[c]nccc1-c1cccnc1. The Morgan fingerprint density at radius 3 is 2.56 bits per heavy atom. The van der Waals surface area contributed by atoms with E-state index in [4.69, 9.17) is 0 Å². The molecule has 2 heterocycles. The van der Waals surface area contributed by atoms with Crippen molar-refractivity contribution in [2.45, 2.75) is 6.18 Å². The summed E-state index contributed by atoms with van der Waals surface area (Å²) in [5.74, 6) is 0. The quantitative estimate of drug-likeness (QED) is 0.742. The van der Waals surface area contributed by atoms with E-state index in [2.05, 4.69) is 9.97 Å². The smallest absolute Gasteiger partial charge is 0.264 e. The van der Waals surface area contributed by atoms with Crippen LogP contribution in [-0.4, -0.2) is 9.97 Å². The van der Waals surface area contributed by atoms with Crippen LogP contribution >= 0.6 is 0 Å². The molecule has 0 N–H and O–H groups in total. The van der Waals surface area contributed by atoms with Crippen molar-refractivity contribution in [3.05, 3.63) is 48.5 Å². The highest BCUT2D eigenvalue weighted by Gasteiger charge is 2.34. The summed E-state index contributed by atoms with van der Waals surface area (Å²) >= 11 is 0. The van der Waals surface area contributed by atoms with Crippen LogP contribution in [0.1, 0.15) is 5.56 Å². The van der Waals surface area contributed by atoms with Crippen LogP contribution in [0.5, 0.6) is 0 Å². The minimum Gasteiger partial charge on any atom is -0.264 e.